The van der Waals surface area contributed by atoms with Crippen molar-refractivity contribution in [1.82, 2.24) is 5.16 Å². The number of nitrogens with one attached hydrogen (secondary N) is 1. The molecule has 3 N–H and O–H groups in total. The molecule has 0 unspecified atom stereocenters. The molecule has 0 saturated heterocycles. The van der Waals surface area contributed by atoms with E-state index in [9.17, 15) is 8.42 Å². The van der Waals surface area contributed by atoms with Crippen LogP contribution in [-0.4, -0.2) is 20.1 Å². The fourth-order valence-electron chi connectivity index (χ4n) is 1.55. The smallest absolute Gasteiger partial charge is 0.263 e. The van der Waals surface area contributed by atoms with Crippen LogP contribution in [-0.2, 0) is 10.0 Å². The van der Waals surface area contributed by atoms with Crippen molar-refractivity contribution < 1.29 is 12.9 Å². The molecule has 1 heterocycles. The van der Waals surface area contributed by atoms with Crippen molar-refractivity contribution in [1.29, 1.82) is 0 Å². The largest absolute Gasteiger partial charge is 0.363 e. The van der Waals surface area contributed by atoms with Gasteiger partial charge in [-0.2, -0.15) is 0 Å². The summed E-state index contributed by atoms with van der Waals surface area (Å²) in [7, 11) is -3.69. The summed E-state index contributed by atoms with van der Waals surface area (Å²) in [6.07, 6.45) is 1.29. The summed E-state index contributed by atoms with van der Waals surface area (Å²) < 4.78 is 31.1. The molecule has 2 rings (SSSR count). The van der Waals surface area contributed by atoms with Gasteiger partial charge in [-0.05, 0) is 30.7 Å². The zero-order chi connectivity index (χ0) is 14.6. The molecule has 6 nitrogen and oxygen atoms in total. The fraction of sp³-hybridized carbons (Fsp3) is 0.154. The minimum absolute atomic E-state index is 0.134. The molecule has 0 amide bonds. The van der Waals surface area contributed by atoms with Gasteiger partial charge in [-0.1, -0.05) is 17.0 Å². The van der Waals surface area contributed by atoms with Gasteiger partial charge < -0.3 is 10.3 Å². The van der Waals surface area contributed by atoms with Crippen LogP contribution in [0.25, 0.3) is 0 Å². The molecule has 2 aromatic rings. The number of sulfonamides is 1. The lowest BCUT2D eigenvalue weighted by molar-refractivity contribution is 0.423. The van der Waals surface area contributed by atoms with Gasteiger partial charge in [0.1, 0.15) is 6.26 Å². The zero-order valence-corrected chi connectivity index (χ0v) is 11.6. The lowest BCUT2D eigenvalue weighted by atomic mass is 10.1. The first-order valence-corrected chi connectivity index (χ1v) is 7.24. The number of nitrogens with two attached hydrogens (primary N) is 1. The summed E-state index contributed by atoms with van der Waals surface area (Å²) in [6.45, 7) is 2.04. The van der Waals surface area contributed by atoms with E-state index in [-0.39, 0.29) is 17.3 Å². The maximum atomic E-state index is 12.1. The number of anilines is 1. The Morgan fingerprint density at radius 3 is 2.80 bits per heavy atom. The molecule has 0 atom stereocenters. The van der Waals surface area contributed by atoms with Crippen LogP contribution < -0.4 is 10.5 Å². The van der Waals surface area contributed by atoms with Crippen LogP contribution in [0.5, 0.6) is 0 Å². The second-order valence-corrected chi connectivity index (χ2v) is 5.66. The van der Waals surface area contributed by atoms with E-state index in [4.69, 9.17) is 5.73 Å². The molecule has 0 saturated carbocycles. The standard InChI is InChI=1S/C13H13N3O3S/c1-10-9-12(5-4-11(10)3-2-7-14)20(17,18)16-13-6-8-19-15-13/h4-6,8-9H,7,14H2,1H3,(H,15,16). The summed E-state index contributed by atoms with van der Waals surface area (Å²) in [5, 5.41) is 3.51. The summed E-state index contributed by atoms with van der Waals surface area (Å²) in [4.78, 5) is 0.135. The molecule has 7 heteroatoms. The highest BCUT2D eigenvalue weighted by atomic mass is 32.2. The average Bonchev–Trinajstić information content (AvgIpc) is 2.89. The monoisotopic (exact) mass is 291 g/mol. The number of aromatic nitrogens is 1. The van der Waals surface area contributed by atoms with Gasteiger partial charge >= 0.3 is 0 Å². The van der Waals surface area contributed by atoms with E-state index < -0.39 is 10.0 Å². The number of hydrogen-bond donors (Lipinski definition) is 2. The number of nitrogens with zero attached hydrogens (tertiary/aromatic N) is 1. The third-order valence-corrected chi connectivity index (χ3v) is 3.86. The Hall–Kier alpha value is -2.30. The van der Waals surface area contributed by atoms with E-state index in [0.29, 0.717) is 0 Å². The van der Waals surface area contributed by atoms with Gasteiger partial charge in [0.2, 0.25) is 0 Å². The van der Waals surface area contributed by atoms with E-state index in [1.165, 1.54) is 18.4 Å². The van der Waals surface area contributed by atoms with Crippen LogP contribution in [0.4, 0.5) is 5.82 Å². The second kappa shape index (κ2) is 5.77. The van der Waals surface area contributed by atoms with Gasteiger partial charge in [0.15, 0.2) is 5.82 Å². The molecule has 1 aromatic carbocycles. The topological polar surface area (TPSA) is 98.2 Å². The highest BCUT2D eigenvalue weighted by Crippen LogP contribution is 2.17. The van der Waals surface area contributed by atoms with E-state index >= 15 is 0 Å². The van der Waals surface area contributed by atoms with Crippen molar-refractivity contribution in [3.8, 4) is 11.8 Å². The second-order valence-electron chi connectivity index (χ2n) is 3.97. The maximum absolute atomic E-state index is 12.1. The van der Waals surface area contributed by atoms with Gasteiger partial charge in [0.05, 0.1) is 11.4 Å². The molecule has 0 aliphatic rings. The number of aryl methyl sites for hydroxylation is 1. The summed E-state index contributed by atoms with van der Waals surface area (Å²) in [6, 6.07) is 6.10. The molecule has 0 fully saturated rings. The van der Waals surface area contributed by atoms with E-state index in [0.717, 1.165) is 11.1 Å². The Morgan fingerprint density at radius 1 is 1.40 bits per heavy atom. The van der Waals surface area contributed by atoms with Crippen molar-refractivity contribution in [2.24, 2.45) is 5.73 Å². The lowest BCUT2D eigenvalue weighted by Crippen LogP contribution is -2.13. The SMILES string of the molecule is Cc1cc(S(=O)(=O)Nc2ccon2)ccc1C#CCN. The normalized spacial score (nSPS) is 10.7. The third kappa shape index (κ3) is 3.17. The first-order chi connectivity index (χ1) is 9.53. The molecular formula is C13H13N3O3S. The molecule has 20 heavy (non-hydrogen) atoms. The van der Waals surface area contributed by atoms with Crippen LogP contribution in [0, 0.1) is 18.8 Å². The van der Waals surface area contributed by atoms with Crippen LogP contribution in [0.2, 0.25) is 0 Å². The van der Waals surface area contributed by atoms with Crippen LogP contribution in [0.15, 0.2) is 39.9 Å². The minimum atomic E-state index is -3.69. The van der Waals surface area contributed by atoms with Gasteiger partial charge in [-0.15, -0.1) is 0 Å². The highest BCUT2D eigenvalue weighted by molar-refractivity contribution is 7.92. The van der Waals surface area contributed by atoms with Gasteiger partial charge in [0, 0.05) is 11.6 Å². The first-order valence-electron chi connectivity index (χ1n) is 5.76. The van der Waals surface area contributed by atoms with Crippen molar-refractivity contribution in [2.45, 2.75) is 11.8 Å². The molecule has 0 radical (unpaired) electrons. The molecule has 104 valence electrons. The van der Waals surface area contributed by atoms with E-state index in [1.54, 1.807) is 19.1 Å². The van der Waals surface area contributed by atoms with Crippen LogP contribution in [0.1, 0.15) is 11.1 Å². The van der Waals surface area contributed by atoms with E-state index in [1.807, 2.05) is 0 Å². The lowest BCUT2D eigenvalue weighted by Gasteiger charge is -2.06. The number of benzene rings is 1. The molecular weight excluding hydrogens is 278 g/mol. The van der Waals surface area contributed by atoms with Crippen molar-refractivity contribution >= 4 is 15.8 Å². The Balaban J connectivity index is 2.31. The highest BCUT2D eigenvalue weighted by Gasteiger charge is 2.16. The molecule has 0 aliphatic heterocycles. The summed E-state index contributed by atoms with van der Waals surface area (Å²) in [5.74, 6) is 5.74. The maximum Gasteiger partial charge on any atom is 0.263 e. The van der Waals surface area contributed by atoms with Crippen molar-refractivity contribution in [2.75, 3.05) is 11.3 Å². The molecule has 1 aromatic heterocycles. The van der Waals surface area contributed by atoms with Gasteiger partial charge in [0.25, 0.3) is 10.0 Å². The Bertz CT molecular complexity index is 756. The number of rotatable bonds is 3. The molecule has 0 bridgehead atoms. The summed E-state index contributed by atoms with van der Waals surface area (Å²) >= 11 is 0. The van der Waals surface area contributed by atoms with Crippen LogP contribution >= 0.6 is 0 Å². The van der Waals surface area contributed by atoms with Crippen LogP contribution in [0.3, 0.4) is 0 Å². The first kappa shape index (κ1) is 14.1. The van der Waals surface area contributed by atoms with Crippen molar-refractivity contribution in [3.05, 3.63) is 41.7 Å². The van der Waals surface area contributed by atoms with E-state index in [2.05, 4.69) is 26.2 Å². The van der Waals surface area contributed by atoms with Gasteiger partial charge in [-0.3, -0.25) is 4.72 Å². The van der Waals surface area contributed by atoms with Gasteiger partial charge in [-0.25, -0.2) is 8.42 Å². The zero-order valence-electron chi connectivity index (χ0n) is 10.8. The Morgan fingerprint density at radius 2 is 2.20 bits per heavy atom. The molecule has 0 spiro atoms. The fourth-order valence-corrected chi connectivity index (χ4v) is 2.63. The Labute approximate surface area is 117 Å². The van der Waals surface area contributed by atoms with Crippen molar-refractivity contribution in [3.63, 3.8) is 0 Å². The average molecular weight is 291 g/mol. The quantitative estimate of drug-likeness (QED) is 0.825. The Kier molecular flexibility index (Phi) is 4.08. The third-order valence-electron chi connectivity index (χ3n) is 2.51. The predicted octanol–water partition coefficient (Wildman–Crippen LogP) is 1.09. The summed E-state index contributed by atoms with van der Waals surface area (Å²) in [5.41, 5.74) is 6.81. The molecule has 0 aliphatic carbocycles. The predicted molar refractivity (Wildman–Crippen MR) is 74.4 cm³/mol. The number of hydrogen-bond acceptors (Lipinski definition) is 5. The minimum Gasteiger partial charge on any atom is -0.363 e.